The van der Waals surface area contributed by atoms with Crippen molar-refractivity contribution in [3.63, 3.8) is 0 Å². The van der Waals surface area contributed by atoms with Crippen molar-refractivity contribution in [3.05, 3.63) is 53.9 Å². The molecule has 0 aliphatic heterocycles. The zero-order valence-corrected chi connectivity index (χ0v) is 15.0. The molecule has 25 heavy (non-hydrogen) atoms. The summed E-state index contributed by atoms with van der Waals surface area (Å²) < 4.78 is 5.14. The van der Waals surface area contributed by atoms with E-state index < -0.39 is 0 Å². The van der Waals surface area contributed by atoms with Crippen LogP contribution in [0.1, 0.15) is 42.1 Å². The molecular formula is C20H27N3O2. The Labute approximate surface area is 149 Å². The van der Waals surface area contributed by atoms with Crippen LogP contribution in [0.5, 0.6) is 5.75 Å². The SMILES string of the molecule is CCCCCNc1cncc(C(=O)NCCc2ccc(OC)cc2)c1. The molecule has 0 saturated heterocycles. The molecule has 0 aliphatic carbocycles. The number of ether oxygens (including phenoxy) is 1. The molecular weight excluding hydrogens is 314 g/mol. The van der Waals surface area contributed by atoms with Crippen LogP contribution in [0.2, 0.25) is 0 Å². The van der Waals surface area contributed by atoms with Crippen molar-refractivity contribution >= 4 is 11.6 Å². The molecule has 0 spiro atoms. The highest BCUT2D eigenvalue weighted by Gasteiger charge is 2.06. The lowest BCUT2D eigenvalue weighted by atomic mass is 10.1. The predicted molar refractivity (Wildman–Crippen MR) is 101 cm³/mol. The van der Waals surface area contributed by atoms with E-state index in [9.17, 15) is 4.79 Å². The third kappa shape index (κ3) is 6.45. The van der Waals surface area contributed by atoms with Gasteiger partial charge in [-0.05, 0) is 36.6 Å². The number of carbonyl (C=O) groups excluding carboxylic acids is 1. The van der Waals surface area contributed by atoms with E-state index in [1.54, 1.807) is 19.5 Å². The molecule has 1 amide bonds. The van der Waals surface area contributed by atoms with Crippen LogP contribution < -0.4 is 15.4 Å². The highest BCUT2D eigenvalue weighted by molar-refractivity contribution is 5.94. The molecule has 2 aromatic rings. The van der Waals surface area contributed by atoms with Gasteiger partial charge >= 0.3 is 0 Å². The van der Waals surface area contributed by atoms with Gasteiger partial charge in [-0.3, -0.25) is 9.78 Å². The molecule has 5 nitrogen and oxygen atoms in total. The third-order valence-electron chi connectivity index (χ3n) is 3.97. The second-order valence-corrected chi connectivity index (χ2v) is 5.95. The van der Waals surface area contributed by atoms with E-state index in [2.05, 4.69) is 22.5 Å². The number of benzene rings is 1. The van der Waals surface area contributed by atoms with E-state index in [4.69, 9.17) is 4.74 Å². The van der Waals surface area contributed by atoms with Gasteiger partial charge in [0.05, 0.1) is 18.4 Å². The lowest BCUT2D eigenvalue weighted by Gasteiger charge is -2.09. The minimum Gasteiger partial charge on any atom is -0.497 e. The van der Waals surface area contributed by atoms with Crippen LogP contribution in [0.4, 0.5) is 5.69 Å². The predicted octanol–water partition coefficient (Wildman–Crippen LogP) is 3.66. The summed E-state index contributed by atoms with van der Waals surface area (Å²) in [5.74, 6) is 0.736. The van der Waals surface area contributed by atoms with Gasteiger partial charge in [-0.15, -0.1) is 0 Å². The van der Waals surface area contributed by atoms with Crippen molar-refractivity contribution < 1.29 is 9.53 Å². The Morgan fingerprint density at radius 3 is 2.64 bits per heavy atom. The van der Waals surface area contributed by atoms with E-state index in [-0.39, 0.29) is 5.91 Å². The highest BCUT2D eigenvalue weighted by Crippen LogP contribution is 2.12. The standard InChI is InChI=1S/C20H27N3O2/c1-3-4-5-11-22-18-13-17(14-21-15-18)20(24)23-12-10-16-6-8-19(25-2)9-7-16/h6-9,13-15,22H,3-5,10-12H2,1-2H3,(H,23,24). The summed E-state index contributed by atoms with van der Waals surface area (Å²) in [6.07, 6.45) is 7.63. The van der Waals surface area contributed by atoms with Crippen LogP contribution >= 0.6 is 0 Å². The maximum atomic E-state index is 12.3. The number of nitrogens with one attached hydrogen (secondary N) is 2. The smallest absolute Gasteiger partial charge is 0.252 e. The fraction of sp³-hybridized carbons (Fsp3) is 0.400. The summed E-state index contributed by atoms with van der Waals surface area (Å²) in [4.78, 5) is 16.4. The Bertz CT molecular complexity index is 656. The van der Waals surface area contributed by atoms with Gasteiger partial charge in [0.25, 0.3) is 5.91 Å². The van der Waals surface area contributed by atoms with Gasteiger partial charge in [0.1, 0.15) is 5.75 Å². The number of methoxy groups -OCH3 is 1. The molecule has 0 unspecified atom stereocenters. The van der Waals surface area contributed by atoms with Gasteiger partial charge in [0, 0.05) is 25.5 Å². The summed E-state index contributed by atoms with van der Waals surface area (Å²) in [6.45, 7) is 3.66. The number of anilines is 1. The molecule has 0 atom stereocenters. The number of aromatic nitrogens is 1. The number of hydrogen-bond donors (Lipinski definition) is 2. The van der Waals surface area contributed by atoms with E-state index in [1.807, 2.05) is 30.3 Å². The number of carbonyl (C=O) groups is 1. The topological polar surface area (TPSA) is 63.2 Å². The first-order valence-electron chi connectivity index (χ1n) is 8.83. The molecule has 0 saturated carbocycles. The molecule has 1 heterocycles. The molecule has 1 aromatic heterocycles. The summed E-state index contributed by atoms with van der Waals surface area (Å²) >= 11 is 0. The Kier molecular flexibility index (Phi) is 7.76. The normalized spacial score (nSPS) is 10.3. The van der Waals surface area contributed by atoms with Crippen LogP contribution in [0, 0.1) is 0 Å². The second-order valence-electron chi connectivity index (χ2n) is 5.95. The number of nitrogens with zero attached hydrogens (tertiary/aromatic N) is 1. The summed E-state index contributed by atoms with van der Waals surface area (Å²) in [6, 6.07) is 9.71. The van der Waals surface area contributed by atoms with E-state index in [0.717, 1.165) is 36.4 Å². The summed E-state index contributed by atoms with van der Waals surface area (Å²) in [5.41, 5.74) is 2.62. The van der Waals surface area contributed by atoms with Crippen molar-refractivity contribution in [1.82, 2.24) is 10.3 Å². The average molecular weight is 341 g/mol. The minimum absolute atomic E-state index is 0.0989. The molecule has 0 bridgehead atoms. The largest absolute Gasteiger partial charge is 0.497 e. The summed E-state index contributed by atoms with van der Waals surface area (Å²) in [5, 5.41) is 6.25. The molecule has 0 radical (unpaired) electrons. The molecule has 1 aromatic carbocycles. The number of rotatable bonds is 10. The van der Waals surface area contributed by atoms with Crippen molar-refractivity contribution in [3.8, 4) is 5.75 Å². The first-order valence-corrected chi connectivity index (χ1v) is 8.83. The van der Waals surface area contributed by atoms with Gasteiger partial charge in [0.15, 0.2) is 0 Å². The Balaban J connectivity index is 1.79. The summed E-state index contributed by atoms with van der Waals surface area (Å²) in [7, 11) is 1.65. The average Bonchev–Trinajstić information content (AvgIpc) is 2.66. The number of unbranched alkanes of at least 4 members (excludes halogenated alkanes) is 2. The van der Waals surface area contributed by atoms with Crippen LogP contribution in [-0.4, -0.2) is 31.1 Å². The Hall–Kier alpha value is -2.56. The maximum Gasteiger partial charge on any atom is 0.252 e. The molecule has 0 aliphatic rings. The van der Waals surface area contributed by atoms with E-state index in [0.29, 0.717) is 12.1 Å². The second kappa shape index (κ2) is 10.3. The van der Waals surface area contributed by atoms with Gasteiger partial charge < -0.3 is 15.4 Å². The zero-order valence-electron chi connectivity index (χ0n) is 15.0. The van der Waals surface area contributed by atoms with Crippen molar-refractivity contribution in [1.29, 1.82) is 0 Å². The van der Waals surface area contributed by atoms with Gasteiger partial charge in [0.2, 0.25) is 0 Å². The molecule has 0 fully saturated rings. The van der Waals surface area contributed by atoms with E-state index in [1.165, 1.54) is 12.8 Å². The maximum absolute atomic E-state index is 12.3. The number of pyridine rings is 1. The van der Waals surface area contributed by atoms with Crippen molar-refractivity contribution in [2.24, 2.45) is 0 Å². The Morgan fingerprint density at radius 1 is 1.12 bits per heavy atom. The van der Waals surface area contributed by atoms with Gasteiger partial charge in [-0.2, -0.15) is 0 Å². The zero-order chi connectivity index (χ0) is 17.9. The van der Waals surface area contributed by atoms with E-state index >= 15 is 0 Å². The van der Waals surface area contributed by atoms with Crippen LogP contribution in [-0.2, 0) is 6.42 Å². The lowest BCUT2D eigenvalue weighted by Crippen LogP contribution is -2.25. The van der Waals surface area contributed by atoms with Gasteiger partial charge in [-0.1, -0.05) is 31.9 Å². The molecule has 5 heteroatoms. The van der Waals surface area contributed by atoms with Crippen molar-refractivity contribution in [2.75, 3.05) is 25.5 Å². The first kappa shape index (κ1) is 18.8. The Morgan fingerprint density at radius 2 is 1.92 bits per heavy atom. The molecule has 2 rings (SSSR count). The monoisotopic (exact) mass is 341 g/mol. The number of amides is 1. The number of hydrogen-bond acceptors (Lipinski definition) is 4. The molecule has 2 N–H and O–H groups in total. The third-order valence-corrected chi connectivity index (χ3v) is 3.97. The fourth-order valence-electron chi connectivity index (χ4n) is 2.48. The van der Waals surface area contributed by atoms with Crippen LogP contribution in [0.15, 0.2) is 42.7 Å². The molecule has 134 valence electrons. The minimum atomic E-state index is -0.0989. The van der Waals surface area contributed by atoms with Crippen LogP contribution in [0.25, 0.3) is 0 Å². The van der Waals surface area contributed by atoms with Crippen LogP contribution in [0.3, 0.4) is 0 Å². The van der Waals surface area contributed by atoms with Crippen molar-refractivity contribution in [2.45, 2.75) is 32.6 Å². The first-order chi connectivity index (χ1) is 12.2. The van der Waals surface area contributed by atoms with Gasteiger partial charge in [-0.25, -0.2) is 0 Å². The quantitative estimate of drug-likeness (QED) is 0.647. The highest BCUT2D eigenvalue weighted by atomic mass is 16.5. The fourth-order valence-corrected chi connectivity index (χ4v) is 2.48. The lowest BCUT2D eigenvalue weighted by molar-refractivity contribution is 0.0954.